The van der Waals surface area contributed by atoms with Crippen LogP contribution in [-0.2, 0) is 5.41 Å². The lowest BCUT2D eigenvalue weighted by atomic mass is 9.48. The van der Waals surface area contributed by atoms with Gasteiger partial charge in [0.15, 0.2) is 0 Å². The van der Waals surface area contributed by atoms with E-state index in [-0.39, 0.29) is 0 Å². The molecule has 0 spiro atoms. The van der Waals surface area contributed by atoms with Crippen molar-refractivity contribution in [1.82, 2.24) is 0 Å². The van der Waals surface area contributed by atoms with Crippen molar-refractivity contribution in [3.05, 3.63) is 83.9 Å². The van der Waals surface area contributed by atoms with Crippen molar-refractivity contribution in [2.75, 3.05) is 0 Å². The molecule has 0 radical (unpaired) electrons. The first kappa shape index (κ1) is 17.5. The summed E-state index contributed by atoms with van der Waals surface area (Å²) in [4.78, 5) is 0. The summed E-state index contributed by atoms with van der Waals surface area (Å²) < 4.78 is 0. The quantitative estimate of drug-likeness (QED) is 0.436. The first-order chi connectivity index (χ1) is 14.2. The van der Waals surface area contributed by atoms with Gasteiger partial charge < -0.3 is 0 Å². The zero-order valence-corrected chi connectivity index (χ0v) is 17.4. The molecule has 0 heterocycles. The number of hydrogen-bond donors (Lipinski definition) is 0. The summed E-state index contributed by atoms with van der Waals surface area (Å²) in [6.07, 6.45) is 8.89. The highest BCUT2D eigenvalue weighted by Gasteiger charge is 2.51. The first-order valence-corrected chi connectivity index (χ1v) is 11.4. The van der Waals surface area contributed by atoms with Crippen LogP contribution in [0.25, 0.3) is 22.3 Å². The van der Waals surface area contributed by atoms with Crippen LogP contribution in [-0.4, -0.2) is 0 Å². The maximum Gasteiger partial charge on any atom is -0.00391 e. The second kappa shape index (κ2) is 6.59. The zero-order chi connectivity index (χ0) is 19.4. The molecule has 0 amide bonds. The molecule has 4 saturated carbocycles. The topological polar surface area (TPSA) is 0 Å². The van der Waals surface area contributed by atoms with Crippen molar-refractivity contribution in [1.29, 1.82) is 0 Å². The predicted octanol–water partition coefficient (Wildman–Crippen LogP) is 7.80. The molecule has 146 valence electrons. The van der Waals surface area contributed by atoms with Crippen LogP contribution in [0.15, 0.2) is 72.8 Å². The molecule has 29 heavy (non-hydrogen) atoms. The molecule has 0 saturated heterocycles. The van der Waals surface area contributed by atoms with Gasteiger partial charge >= 0.3 is 0 Å². The molecule has 0 atom stereocenters. The van der Waals surface area contributed by atoms with Crippen LogP contribution < -0.4 is 0 Å². The Balaban J connectivity index is 1.33. The molecule has 3 aromatic carbocycles. The normalized spacial score (nSPS) is 29.9. The lowest BCUT2D eigenvalue weighted by Gasteiger charge is -2.57. The molecule has 0 aliphatic heterocycles. The fraction of sp³-hybridized carbons (Fsp3) is 0.379. The van der Waals surface area contributed by atoms with Gasteiger partial charge in [-0.25, -0.2) is 0 Å². The number of rotatable bonds is 3. The maximum atomic E-state index is 2.47. The molecular formula is C29H30. The molecule has 7 rings (SSSR count). The van der Waals surface area contributed by atoms with Crippen LogP contribution >= 0.6 is 0 Å². The highest BCUT2D eigenvalue weighted by Crippen LogP contribution is 2.60. The standard InChI is InChI=1S/C29H30/c1-20-11-26(24-5-3-2-4-6-24)16-27(12-20)25-7-9-28(10-8-25)29-17-21-13-22(18-29)15-23(14-21)19-29/h2-12,16,21-23H,13-15,17-19H2,1H3. The summed E-state index contributed by atoms with van der Waals surface area (Å²) in [6, 6.07) is 27.4. The first-order valence-electron chi connectivity index (χ1n) is 11.4. The van der Waals surface area contributed by atoms with Crippen LogP contribution in [0.1, 0.15) is 49.7 Å². The molecule has 0 N–H and O–H groups in total. The van der Waals surface area contributed by atoms with Crippen molar-refractivity contribution < 1.29 is 0 Å². The number of hydrogen-bond acceptors (Lipinski definition) is 0. The second-order valence-corrected chi connectivity index (χ2v) is 10.2. The van der Waals surface area contributed by atoms with E-state index < -0.39 is 0 Å². The average Bonchev–Trinajstić information content (AvgIpc) is 2.73. The Hall–Kier alpha value is -2.34. The van der Waals surface area contributed by atoms with Gasteiger partial charge in [0.2, 0.25) is 0 Å². The minimum absolute atomic E-state index is 0.495. The summed E-state index contributed by atoms with van der Waals surface area (Å²) in [5, 5.41) is 0. The summed E-state index contributed by atoms with van der Waals surface area (Å²) in [6.45, 7) is 2.21. The molecule has 3 aromatic rings. The van der Waals surface area contributed by atoms with Crippen LogP contribution in [0.3, 0.4) is 0 Å². The number of aryl methyl sites for hydroxylation is 1. The maximum absolute atomic E-state index is 2.47. The third-order valence-electron chi connectivity index (χ3n) is 8.05. The smallest absolute Gasteiger partial charge is 0.00391 e. The van der Waals surface area contributed by atoms with Crippen molar-refractivity contribution in [2.45, 2.75) is 50.9 Å². The van der Waals surface area contributed by atoms with E-state index in [1.54, 1.807) is 5.56 Å². The van der Waals surface area contributed by atoms with Gasteiger partial charge in [-0.15, -0.1) is 0 Å². The molecule has 4 aliphatic rings. The molecule has 0 nitrogen and oxygen atoms in total. The summed E-state index contributed by atoms with van der Waals surface area (Å²) in [5.74, 6) is 3.02. The molecule has 0 unspecified atom stereocenters. The van der Waals surface area contributed by atoms with Crippen molar-refractivity contribution >= 4 is 0 Å². The summed E-state index contributed by atoms with van der Waals surface area (Å²) in [5.41, 5.74) is 8.73. The van der Waals surface area contributed by atoms with Gasteiger partial charge in [0.1, 0.15) is 0 Å². The third-order valence-corrected chi connectivity index (χ3v) is 8.05. The summed E-state index contributed by atoms with van der Waals surface area (Å²) >= 11 is 0. The van der Waals surface area contributed by atoms with Gasteiger partial charge in [-0.05, 0) is 108 Å². The Kier molecular flexibility index (Phi) is 3.98. The zero-order valence-electron chi connectivity index (χ0n) is 17.4. The van der Waals surface area contributed by atoms with Crippen molar-refractivity contribution in [3.8, 4) is 22.3 Å². The van der Waals surface area contributed by atoms with Crippen LogP contribution in [0.5, 0.6) is 0 Å². The van der Waals surface area contributed by atoms with Crippen molar-refractivity contribution in [3.63, 3.8) is 0 Å². The van der Waals surface area contributed by atoms with Crippen LogP contribution in [0.2, 0.25) is 0 Å². The number of benzene rings is 3. The lowest BCUT2D eigenvalue weighted by molar-refractivity contribution is -0.00518. The van der Waals surface area contributed by atoms with E-state index >= 15 is 0 Å². The fourth-order valence-corrected chi connectivity index (χ4v) is 7.23. The van der Waals surface area contributed by atoms with Gasteiger partial charge in [-0.3, -0.25) is 0 Å². The highest BCUT2D eigenvalue weighted by molar-refractivity contribution is 5.74. The summed E-state index contributed by atoms with van der Waals surface area (Å²) in [7, 11) is 0. The Labute approximate surface area is 175 Å². The fourth-order valence-electron chi connectivity index (χ4n) is 7.23. The van der Waals surface area contributed by atoms with Gasteiger partial charge in [-0.1, -0.05) is 66.7 Å². The second-order valence-electron chi connectivity index (χ2n) is 10.2. The van der Waals surface area contributed by atoms with Crippen LogP contribution in [0, 0.1) is 24.7 Å². The van der Waals surface area contributed by atoms with Crippen LogP contribution in [0.4, 0.5) is 0 Å². The van der Waals surface area contributed by atoms with E-state index in [0.717, 1.165) is 17.8 Å². The minimum Gasteiger partial charge on any atom is -0.0622 e. The minimum atomic E-state index is 0.495. The van der Waals surface area contributed by atoms with Gasteiger partial charge in [0.05, 0.1) is 0 Å². The molecule has 0 aromatic heterocycles. The van der Waals surface area contributed by atoms with E-state index in [9.17, 15) is 0 Å². The molecule has 4 fully saturated rings. The average molecular weight is 379 g/mol. The monoisotopic (exact) mass is 378 g/mol. The van der Waals surface area contributed by atoms with Gasteiger partial charge in [0, 0.05) is 0 Å². The predicted molar refractivity (Wildman–Crippen MR) is 122 cm³/mol. The Morgan fingerprint density at radius 1 is 0.586 bits per heavy atom. The Bertz CT molecular complexity index is 990. The lowest BCUT2D eigenvalue weighted by Crippen LogP contribution is -2.48. The largest absolute Gasteiger partial charge is 0.0622 e. The van der Waals surface area contributed by atoms with E-state index in [1.165, 1.54) is 66.3 Å². The molecule has 0 heteroatoms. The van der Waals surface area contributed by atoms with E-state index in [4.69, 9.17) is 0 Å². The van der Waals surface area contributed by atoms with E-state index in [2.05, 4.69) is 79.7 Å². The Morgan fingerprint density at radius 2 is 1.10 bits per heavy atom. The third kappa shape index (κ3) is 3.05. The van der Waals surface area contributed by atoms with E-state index in [0.29, 0.717) is 5.41 Å². The van der Waals surface area contributed by atoms with Gasteiger partial charge in [0.25, 0.3) is 0 Å². The SMILES string of the molecule is Cc1cc(-c2ccccc2)cc(-c2ccc(C34CC5CC(CC(C5)C3)C4)cc2)c1. The highest BCUT2D eigenvalue weighted by atomic mass is 14.6. The molecule has 4 aliphatic carbocycles. The van der Waals surface area contributed by atoms with Gasteiger partial charge in [-0.2, -0.15) is 0 Å². The van der Waals surface area contributed by atoms with Crippen molar-refractivity contribution in [2.24, 2.45) is 17.8 Å². The molecule has 4 bridgehead atoms. The van der Waals surface area contributed by atoms with E-state index in [1.807, 2.05) is 0 Å². The Morgan fingerprint density at radius 3 is 1.66 bits per heavy atom. The molecular weight excluding hydrogens is 348 g/mol.